The van der Waals surface area contributed by atoms with Crippen molar-refractivity contribution in [1.82, 2.24) is 0 Å². The van der Waals surface area contributed by atoms with E-state index < -0.39 is 5.97 Å². The summed E-state index contributed by atoms with van der Waals surface area (Å²) >= 11 is 0. The van der Waals surface area contributed by atoms with E-state index in [4.69, 9.17) is 4.74 Å². The van der Waals surface area contributed by atoms with Crippen molar-refractivity contribution in [3.8, 4) is 0 Å². The number of anilines is 1. The second-order valence-corrected chi connectivity index (χ2v) is 6.22. The molecule has 0 fully saturated rings. The Kier molecular flexibility index (Phi) is 6.75. The Balaban J connectivity index is 1.83. The molecule has 2 aromatic rings. The third-order valence-electron chi connectivity index (χ3n) is 4.13. The van der Waals surface area contributed by atoms with Crippen LogP contribution < -0.4 is 5.32 Å². The number of nitrogens with one attached hydrogen (secondary N) is 1. The number of rotatable bonds is 7. The topological polar surface area (TPSA) is 55.4 Å². The molecule has 0 heterocycles. The molecular weight excluding hydrogens is 314 g/mol. The zero-order valence-electron chi connectivity index (χ0n) is 15.1. The first-order chi connectivity index (χ1) is 12.0. The number of unbranched alkanes of at least 4 members (excludes halogenated alkanes) is 1. The van der Waals surface area contributed by atoms with E-state index in [1.54, 1.807) is 12.1 Å². The summed E-state index contributed by atoms with van der Waals surface area (Å²) < 4.78 is 5.08. The fourth-order valence-corrected chi connectivity index (χ4v) is 2.42. The molecule has 0 bridgehead atoms. The third-order valence-corrected chi connectivity index (χ3v) is 4.13. The second-order valence-electron chi connectivity index (χ2n) is 6.22. The molecule has 4 heteroatoms. The molecule has 2 aromatic carbocycles. The van der Waals surface area contributed by atoms with Crippen LogP contribution in [0, 0.1) is 13.8 Å². The van der Waals surface area contributed by atoms with Crippen molar-refractivity contribution >= 4 is 17.6 Å². The van der Waals surface area contributed by atoms with Crippen LogP contribution >= 0.6 is 0 Å². The fourth-order valence-electron chi connectivity index (χ4n) is 2.42. The number of hydrogen-bond donors (Lipinski definition) is 1. The van der Waals surface area contributed by atoms with E-state index in [1.807, 2.05) is 44.2 Å². The van der Waals surface area contributed by atoms with Gasteiger partial charge in [-0.1, -0.05) is 31.5 Å². The SMILES string of the molecule is CCCCc1ccc(NC(=O)COC(=O)c2ccc(C)c(C)c2)cc1. The number of esters is 1. The van der Waals surface area contributed by atoms with Gasteiger partial charge in [-0.05, 0) is 67.6 Å². The van der Waals surface area contributed by atoms with Crippen LogP contribution in [0.2, 0.25) is 0 Å². The highest BCUT2D eigenvalue weighted by Crippen LogP contribution is 2.13. The number of hydrogen-bond acceptors (Lipinski definition) is 3. The molecule has 4 nitrogen and oxygen atoms in total. The van der Waals surface area contributed by atoms with E-state index in [2.05, 4.69) is 12.2 Å². The molecule has 0 aliphatic rings. The summed E-state index contributed by atoms with van der Waals surface area (Å²) in [6, 6.07) is 13.1. The molecule has 0 radical (unpaired) electrons. The number of carbonyl (C=O) groups is 2. The van der Waals surface area contributed by atoms with Crippen molar-refractivity contribution in [2.45, 2.75) is 40.0 Å². The van der Waals surface area contributed by atoms with Crippen molar-refractivity contribution in [1.29, 1.82) is 0 Å². The summed E-state index contributed by atoms with van der Waals surface area (Å²) in [5.74, 6) is -0.841. The van der Waals surface area contributed by atoms with Gasteiger partial charge in [0.05, 0.1) is 5.56 Å². The lowest BCUT2D eigenvalue weighted by molar-refractivity contribution is -0.119. The van der Waals surface area contributed by atoms with E-state index in [0.29, 0.717) is 11.3 Å². The van der Waals surface area contributed by atoms with Gasteiger partial charge in [0.1, 0.15) is 0 Å². The molecule has 0 aliphatic heterocycles. The van der Waals surface area contributed by atoms with E-state index in [9.17, 15) is 9.59 Å². The lowest BCUT2D eigenvalue weighted by Crippen LogP contribution is -2.21. The molecule has 0 atom stereocenters. The van der Waals surface area contributed by atoms with Gasteiger partial charge < -0.3 is 10.1 Å². The van der Waals surface area contributed by atoms with Crippen molar-refractivity contribution in [2.75, 3.05) is 11.9 Å². The van der Waals surface area contributed by atoms with Crippen molar-refractivity contribution < 1.29 is 14.3 Å². The molecule has 1 amide bonds. The summed E-state index contributed by atoms with van der Waals surface area (Å²) in [6.07, 6.45) is 3.35. The van der Waals surface area contributed by atoms with Gasteiger partial charge in [-0.15, -0.1) is 0 Å². The number of amides is 1. The van der Waals surface area contributed by atoms with Gasteiger partial charge in [-0.2, -0.15) is 0 Å². The lowest BCUT2D eigenvalue weighted by atomic mass is 10.1. The molecule has 25 heavy (non-hydrogen) atoms. The molecule has 0 saturated heterocycles. The van der Waals surface area contributed by atoms with Crippen molar-refractivity contribution in [3.05, 3.63) is 64.7 Å². The zero-order chi connectivity index (χ0) is 18.2. The first kappa shape index (κ1) is 18.7. The number of aryl methyl sites for hydroxylation is 3. The maximum Gasteiger partial charge on any atom is 0.338 e. The highest BCUT2D eigenvalue weighted by Gasteiger charge is 2.11. The Morgan fingerprint density at radius 2 is 1.72 bits per heavy atom. The van der Waals surface area contributed by atoms with Gasteiger partial charge in [0.15, 0.2) is 6.61 Å². The first-order valence-corrected chi connectivity index (χ1v) is 8.62. The number of carbonyl (C=O) groups excluding carboxylic acids is 2. The Bertz CT molecular complexity index is 735. The van der Waals surface area contributed by atoms with E-state index in [1.165, 1.54) is 5.56 Å². The molecule has 0 aromatic heterocycles. The van der Waals surface area contributed by atoms with Crippen LogP contribution in [-0.2, 0) is 16.0 Å². The average Bonchev–Trinajstić information content (AvgIpc) is 2.61. The highest BCUT2D eigenvalue weighted by atomic mass is 16.5. The minimum atomic E-state index is -0.492. The molecule has 0 unspecified atom stereocenters. The molecule has 0 saturated carbocycles. The van der Waals surface area contributed by atoms with Crippen LogP contribution in [0.3, 0.4) is 0 Å². The maximum absolute atomic E-state index is 12.0. The van der Waals surface area contributed by atoms with Crippen LogP contribution in [0.5, 0.6) is 0 Å². The van der Waals surface area contributed by atoms with Crippen molar-refractivity contribution in [2.24, 2.45) is 0 Å². The number of ether oxygens (including phenoxy) is 1. The molecule has 0 spiro atoms. The van der Waals surface area contributed by atoms with Gasteiger partial charge in [0.2, 0.25) is 0 Å². The Morgan fingerprint density at radius 3 is 2.36 bits per heavy atom. The molecule has 1 N–H and O–H groups in total. The van der Waals surface area contributed by atoms with Gasteiger partial charge >= 0.3 is 5.97 Å². The van der Waals surface area contributed by atoms with E-state index >= 15 is 0 Å². The first-order valence-electron chi connectivity index (χ1n) is 8.62. The highest BCUT2D eigenvalue weighted by molar-refractivity contribution is 5.95. The summed E-state index contributed by atoms with van der Waals surface area (Å²) in [6.45, 7) is 5.77. The fraction of sp³-hybridized carbons (Fsp3) is 0.333. The second kappa shape index (κ2) is 9.02. The largest absolute Gasteiger partial charge is 0.452 e. The Hall–Kier alpha value is -2.62. The predicted octanol–water partition coefficient (Wildman–Crippen LogP) is 4.44. The molecule has 132 valence electrons. The Labute approximate surface area is 149 Å². The van der Waals surface area contributed by atoms with Crippen LogP contribution in [-0.4, -0.2) is 18.5 Å². The smallest absolute Gasteiger partial charge is 0.338 e. The quantitative estimate of drug-likeness (QED) is 0.759. The van der Waals surface area contributed by atoms with Crippen LogP contribution in [0.25, 0.3) is 0 Å². The standard InChI is InChI=1S/C21H25NO3/c1-4-5-6-17-8-11-19(12-9-17)22-20(23)14-25-21(24)18-10-7-15(2)16(3)13-18/h7-13H,4-6,14H2,1-3H3,(H,22,23). The summed E-state index contributed by atoms with van der Waals surface area (Å²) in [5.41, 5.74) is 4.53. The molecular formula is C21H25NO3. The van der Waals surface area contributed by atoms with Crippen LogP contribution in [0.1, 0.15) is 46.8 Å². The van der Waals surface area contributed by atoms with Gasteiger partial charge in [0, 0.05) is 5.69 Å². The average molecular weight is 339 g/mol. The van der Waals surface area contributed by atoms with Gasteiger partial charge in [-0.3, -0.25) is 4.79 Å². The predicted molar refractivity (Wildman–Crippen MR) is 99.9 cm³/mol. The zero-order valence-corrected chi connectivity index (χ0v) is 15.1. The molecule has 0 aliphatic carbocycles. The Morgan fingerprint density at radius 1 is 1.00 bits per heavy atom. The van der Waals surface area contributed by atoms with Gasteiger partial charge in [0.25, 0.3) is 5.91 Å². The van der Waals surface area contributed by atoms with Crippen molar-refractivity contribution in [3.63, 3.8) is 0 Å². The summed E-state index contributed by atoms with van der Waals surface area (Å²) in [5, 5.41) is 2.74. The van der Waals surface area contributed by atoms with E-state index in [-0.39, 0.29) is 12.5 Å². The third kappa shape index (κ3) is 5.75. The van der Waals surface area contributed by atoms with Crippen LogP contribution in [0.4, 0.5) is 5.69 Å². The lowest BCUT2D eigenvalue weighted by Gasteiger charge is -2.08. The summed E-state index contributed by atoms with van der Waals surface area (Å²) in [7, 11) is 0. The van der Waals surface area contributed by atoms with Crippen LogP contribution in [0.15, 0.2) is 42.5 Å². The van der Waals surface area contributed by atoms with E-state index in [0.717, 1.165) is 30.4 Å². The van der Waals surface area contributed by atoms with Gasteiger partial charge in [-0.25, -0.2) is 4.79 Å². The maximum atomic E-state index is 12.0. The summed E-state index contributed by atoms with van der Waals surface area (Å²) in [4.78, 5) is 23.9. The normalized spacial score (nSPS) is 10.4. The minimum absolute atomic E-state index is 0.302. The molecule has 2 rings (SSSR count). The number of benzene rings is 2. The monoisotopic (exact) mass is 339 g/mol. The minimum Gasteiger partial charge on any atom is -0.452 e.